The molecule has 1 unspecified atom stereocenters. The first-order chi connectivity index (χ1) is 14.8. The van der Waals surface area contributed by atoms with E-state index < -0.39 is 16.1 Å². The molecule has 1 atom stereocenters. The average Bonchev–Trinajstić information content (AvgIpc) is 3.45. The molecule has 5 rings (SSSR count). The highest BCUT2D eigenvalue weighted by Crippen LogP contribution is 2.38. The van der Waals surface area contributed by atoms with Crippen LogP contribution in [-0.4, -0.2) is 64.2 Å². The number of fused-ring (bicyclic) bond motifs is 3. The smallest absolute Gasteiger partial charge is 0.333 e. The molecule has 31 heavy (non-hydrogen) atoms. The number of ether oxygens (including phenoxy) is 1. The number of hydrogen-bond donors (Lipinski definition) is 3. The van der Waals surface area contributed by atoms with E-state index in [0.29, 0.717) is 13.2 Å². The zero-order chi connectivity index (χ0) is 21.8. The van der Waals surface area contributed by atoms with E-state index >= 15 is 0 Å². The number of nitrogens with zero attached hydrogens (tertiary/aromatic N) is 2. The van der Waals surface area contributed by atoms with E-state index in [1.165, 1.54) is 11.1 Å². The summed E-state index contributed by atoms with van der Waals surface area (Å²) >= 11 is 0. The van der Waals surface area contributed by atoms with Gasteiger partial charge in [-0.3, -0.25) is 5.01 Å². The van der Waals surface area contributed by atoms with Gasteiger partial charge in [0, 0.05) is 5.69 Å². The summed E-state index contributed by atoms with van der Waals surface area (Å²) in [7, 11) is -0.125. The van der Waals surface area contributed by atoms with Crippen LogP contribution in [0.2, 0.25) is 0 Å². The van der Waals surface area contributed by atoms with E-state index in [-0.39, 0.29) is 23.4 Å². The van der Waals surface area contributed by atoms with Gasteiger partial charge in [0.1, 0.15) is 11.5 Å². The van der Waals surface area contributed by atoms with Crippen molar-refractivity contribution < 1.29 is 17.9 Å². The Morgan fingerprint density at radius 1 is 1.16 bits per heavy atom. The second-order valence-corrected chi connectivity index (χ2v) is 10.6. The van der Waals surface area contributed by atoms with Crippen LogP contribution in [0.4, 0.5) is 10.5 Å². The number of amides is 2. The second kappa shape index (κ2) is 7.68. The number of carbonyl (C=O) groups is 1. The first-order valence-electron chi connectivity index (χ1n) is 10.9. The Bertz CT molecular complexity index is 1030. The number of sulfonamides is 1. The van der Waals surface area contributed by atoms with Crippen LogP contribution in [0.15, 0.2) is 16.9 Å². The van der Waals surface area contributed by atoms with Crippen molar-refractivity contribution in [2.24, 2.45) is 0 Å². The molecule has 1 aromatic carbocycles. The zero-order valence-corrected chi connectivity index (χ0v) is 18.8. The zero-order valence-electron chi connectivity index (χ0n) is 18.0. The number of aryl methyl sites for hydroxylation is 2. The minimum atomic E-state index is -4.04. The summed E-state index contributed by atoms with van der Waals surface area (Å²) in [5.41, 5.74) is 8.76. The van der Waals surface area contributed by atoms with E-state index in [2.05, 4.69) is 21.5 Å². The first-order valence-corrected chi connectivity index (χ1v) is 12.4. The molecule has 4 aliphatic rings. The Balaban J connectivity index is 1.35. The summed E-state index contributed by atoms with van der Waals surface area (Å²) in [6, 6.07) is 1.71. The van der Waals surface area contributed by atoms with Crippen molar-refractivity contribution in [2.45, 2.75) is 44.6 Å². The van der Waals surface area contributed by atoms with Gasteiger partial charge in [0.2, 0.25) is 5.88 Å². The van der Waals surface area contributed by atoms with Gasteiger partial charge >= 0.3 is 6.03 Å². The SMILES string of the molecule is CN(C)C1COC2=C(S(=O)(=O)NC(=O)Nc3c4c(cc5c3CCC5)CCC4)CNN2C1. The fourth-order valence-electron chi connectivity index (χ4n) is 5.02. The Morgan fingerprint density at radius 2 is 1.84 bits per heavy atom. The average molecular weight is 448 g/mol. The van der Waals surface area contributed by atoms with Crippen molar-refractivity contribution in [3.05, 3.63) is 39.1 Å². The fourth-order valence-corrected chi connectivity index (χ4v) is 6.09. The molecule has 0 bridgehead atoms. The summed E-state index contributed by atoms with van der Waals surface area (Å²) in [5, 5.41) is 4.59. The van der Waals surface area contributed by atoms with Crippen molar-refractivity contribution in [1.29, 1.82) is 0 Å². The van der Waals surface area contributed by atoms with Crippen LogP contribution in [0.5, 0.6) is 0 Å². The summed E-state index contributed by atoms with van der Waals surface area (Å²) in [4.78, 5) is 14.9. The largest absolute Gasteiger partial charge is 0.476 e. The van der Waals surface area contributed by atoms with Crippen molar-refractivity contribution >= 4 is 21.7 Å². The van der Waals surface area contributed by atoms with Crippen molar-refractivity contribution in [3.63, 3.8) is 0 Å². The molecule has 0 radical (unpaired) electrons. The standard InChI is InChI=1S/C21H29N5O4S/c1-25(2)15-11-26-20(30-12-15)18(10-22-26)31(28,29)24-21(27)23-19-16-7-3-5-13(16)9-14-6-4-8-17(14)19/h9,15,22H,3-8,10-12H2,1-2H3,(H2,23,24,27). The normalized spacial score (nSPS) is 22.3. The number of hydrazine groups is 1. The highest BCUT2D eigenvalue weighted by molar-refractivity contribution is 7.94. The molecular weight excluding hydrogens is 418 g/mol. The summed E-state index contributed by atoms with van der Waals surface area (Å²) in [6.45, 7) is 1.10. The number of nitrogens with one attached hydrogen (secondary N) is 3. The molecule has 0 spiro atoms. The Kier molecular flexibility index (Phi) is 5.10. The van der Waals surface area contributed by atoms with Crippen LogP contribution in [0.25, 0.3) is 0 Å². The van der Waals surface area contributed by atoms with Gasteiger partial charge in [-0.25, -0.2) is 23.4 Å². The maximum Gasteiger partial charge on any atom is 0.333 e. The Hall–Kier alpha value is -2.30. The molecule has 3 N–H and O–H groups in total. The first kappa shape index (κ1) is 20.6. The topological polar surface area (TPSA) is 103 Å². The van der Waals surface area contributed by atoms with Gasteiger partial charge in [-0.05, 0) is 74.9 Å². The maximum atomic E-state index is 13.0. The van der Waals surface area contributed by atoms with Crippen LogP contribution in [0.1, 0.15) is 35.1 Å². The lowest BCUT2D eigenvalue weighted by molar-refractivity contribution is -0.00233. The number of rotatable bonds is 4. The second-order valence-electron chi connectivity index (χ2n) is 8.90. The van der Waals surface area contributed by atoms with Gasteiger partial charge in [0.05, 0.1) is 19.1 Å². The molecule has 0 aromatic heterocycles. The lowest BCUT2D eigenvalue weighted by Gasteiger charge is -2.36. The molecule has 10 heteroatoms. The molecule has 168 valence electrons. The predicted molar refractivity (Wildman–Crippen MR) is 117 cm³/mol. The summed E-state index contributed by atoms with van der Waals surface area (Å²) in [5.74, 6) is 0.278. The maximum absolute atomic E-state index is 13.0. The number of benzene rings is 1. The highest BCUT2D eigenvalue weighted by atomic mass is 32.2. The van der Waals surface area contributed by atoms with Crippen LogP contribution in [0.3, 0.4) is 0 Å². The van der Waals surface area contributed by atoms with Crippen LogP contribution >= 0.6 is 0 Å². The quantitative estimate of drug-likeness (QED) is 0.634. The monoisotopic (exact) mass is 447 g/mol. The van der Waals surface area contributed by atoms with E-state index in [1.807, 2.05) is 19.0 Å². The van der Waals surface area contributed by atoms with Crippen LogP contribution in [-0.2, 0) is 40.4 Å². The van der Waals surface area contributed by atoms with Gasteiger partial charge in [0.25, 0.3) is 10.0 Å². The fraction of sp³-hybridized carbons (Fsp3) is 0.571. The van der Waals surface area contributed by atoms with Crippen LogP contribution in [0, 0.1) is 0 Å². The van der Waals surface area contributed by atoms with Gasteiger partial charge < -0.3 is 15.0 Å². The summed E-state index contributed by atoms with van der Waals surface area (Å²) in [6.07, 6.45) is 5.99. The molecule has 2 aliphatic heterocycles. The van der Waals surface area contributed by atoms with Crippen LogP contribution < -0.4 is 15.5 Å². The molecule has 2 amide bonds. The van der Waals surface area contributed by atoms with E-state index in [0.717, 1.165) is 55.3 Å². The Labute approximate surface area is 182 Å². The van der Waals surface area contributed by atoms with Crippen molar-refractivity contribution in [3.8, 4) is 0 Å². The molecule has 2 heterocycles. The molecule has 0 saturated carbocycles. The van der Waals surface area contributed by atoms with Gasteiger partial charge in [-0.15, -0.1) is 0 Å². The van der Waals surface area contributed by atoms with Gasteiger partial charge in [-0.1, -0.05) is 6.07 Å². The Morgan fingerprint density at radius 3 is 2.48 bits per heavy atom. The van der Waals surface area contributed by atoms with Crippen molar-refractivity contribution in [1.82, 2.24) is 20.1 Å². The number of anilines is 1. The third-order valence-corrected chi connectivity index (χ3v) is 8.14. The van der Waals surface area contributed by atoms with Gasteiger partial charge in [0.15, 0.2) is 0 Å². The molecule has 9 nitrogen and oxygen atoms in total. The molecule has 1 saturated heterocycles. The number of hydrogen-bond acceptors (Lipinski definition) is 7. The molecule has 2 aliphatic carbocycles. The van der Waals surface area contributed by atoms with Gasteiger partial charge in [-0.2, -0.15) is 0 Å². The third kappa shape index (κ3) is 3.66. The minimum absolute atomic E-state index is 0.0587. The number of urea groups is 1. The predicted octanol–water partition coefficient (Wildman–Crippen LogP) is 1.07. The molecule has 1 fully saturated rings. The summed E-state index contributed by atoms with van der Waals surface area (Å²) < 4.78 is 33.9. The number of likely N-dealkylation sites (N-methyl/N-ethyl adjacent to an activating group) is 1. The van der Waals surface area contributed by atoms with Crippen molar-refractivity contribution in [2.75, 3.05) is 39.1 Å². The molecular formula is C21H29N5O4S. The molecule has 1 aromatic rings. The lowest BCUT2D eigenvalue weighted by atomic mass is 9.99. The van der Waals surface area contributed by atoms with E-state index in [9.17, 15) is 13.2 Å². The minimum Gasteiger partial charge on any atom is -0.476 e. The highest BCUT2D eigenvalue weighted by Gasteiger charge is 2.38. The van der Waals surface area contributed by atoms with E-state index in [1.54, 1.807) is 5.01 Å². The number of carbonyl (C=O) groups excluding carboxylic acids is 1. The van der Waals surface area contributed by atoms with E-state index in [4.69, 9.17) is 4.74 Å². The lowest BCUT2D eigenvalue weighted by Crippen LogP contribution is -2.50. The third-order valence-electron chi connectivity index (χ3n) is 6.71.